The second kappa shape index (κ2) is 5.80. The van der Waals surface area contributed by atoms with Crippen LogP contribution >= 0.6 is 11.3 Å². The van der Waals surface area contributed by atoms with Gasteiger partial charge in [-0.1, -0.05) is 13.0 Å². The van der Waals surface area contributed by atoms with Crippen LogP contribution in [0.5, 0.6) is 0 Å². The van der Waals surface area contributed by atoms with Gasteiger partial charge in [0.05, 0.1) is 0 Å². The van der Waals surface area contributed by atoms with Crippen molar-refractivity contribution in [3.8, 4) is 0 Å². The number of hydrogen-bond acceptors (Lipinski definition) is 3. The van der Waals surface area contributed by atoms with Gasteiger partial charge in [0.15, 0.2) is 0 Å². The summed E-state index contributed by atoms with van der Waals surface area (Å²) in [5.74, 6) is 0.807. The Kier molecular flexibility index (Phi) is 4.38. The van der Waals surface area contributed by atoms with E-state index in [4.69, 9.17) is 5.11 Å². The van der Waals surface area contributed by atoms with Gasteiger partial charge < -0.3 is 10.4 Å². The highest BCUT2D eigenvalue weighted by Gasteiger charge is 2.32. The standard InChI is InChI=1S/C13H21NOS/c1-2-11(13-4-3-9-16-13)14-12(7-8-15)10-5-6-10/h3-4,9-12,14-15H,2,5-8H2,1H3. The summed E-state index contributed by atoms with van der Waals surface area (Å²) in [4.78, 5) is 1.42. The lowest BCUT2D eigenvalue weighted by Crippen LogP contribution is -2.34. The summed E-state index contributed by atoms with van der Waals surface area (Å²) < 4.78 is 0. The van der Waals surface area contributed by atoms with Crippen LogP contribution in [-0.4, -0.2) is 17.8 Å². The summed E-state index contributed by atoms with van der Waals surface area (Å²) >= 11 is 1.82. The molecular formula is C13H21NOS. The van der Waals surface area contributed by atoms with E-state index < -0.39 is 0 Å². The molecule has 1 aromatic heterocycles. The summed E-state index contributed by atoms with van der Waals surface area (Å²) in [7, 11) is 0. The van der Waals surface area contributed by atoms with Crippen LogP contribution in [0.1, 0.15) is 43.5 Å². The second-order valence-electron chi connectivity index (χ2n) is 4.60. The van der Waals surface area contributed by atoms with Crippen LogP contribution in [0.3, 0.4) is 0 Å². The van der Waals surface area contributed by atoms with Gasteiger partial charge in [0.25, 0.3) is 0 Å². The van der Waals surface area contributed by atoms with E-state index in [1.165, 1.54) is 17.7 Å². The summed E-state index contributed by atoms with van der Waals surface area (Å²) in [6.07, 6.45) is 4.68. The molecule has 2 N–H and O–H groups in total. The van der Waals surface area contributed by atoms with E-state index in [1.54, 1.807) is 0 Å². The van der Waals surface area contributed by atoms with E-state index in [0.717, 1.165) is 18.8 Å². The molecular weight excluding hydrogens is 218 g/mol. The minimum Gasteiger partial charge on any atom is -0.396 e. The molecule has 2 atom stereocenters. The zero-order valence-corrected chi connectivity index (χ0v) is 10.7. The van der Waals surface area contributed by atoms with Crippen LogP contribution in [0.15, 0.2) is 17.5 Å². The van der Waals surface area contributed by atoms with Crippen molar-refractivity contribution in [2.75, 3.05) is 6.61 Å². The molecule has 0 bridgehead atoms. The molecule has 0 aromatic carbocycles. The number of rotatable bonds is 7. The molecule has 0 amide bonds. The SMILES string of the molecule is CCC(NC(CCO)C1CC1)c1cccs1. The van der Waals surface area contributed by atoms with E-state index in [9.17, 15) is 0 Å². The van der Waals surface area contributed by atoms with Crippen molar-refractivity contribution in [2.24, 2.45) is 5.92 Å². The largest absolute Gasteiger partial charge is 0.396 e. The Hall–Kier alpha value is -0.380. The van der Waals surface area contributed by atoms with Gasteiger partial charge in [0.1, 0.15) is 0 Å². The Balaban J connectivity index is 1.93. The molecule has 1 aliphatic carbocycles. The highest BCUT2D eigenvalue weighted by molar-refractivity contribution is 7.10. The first-order valence-corrected chi connectivity index (χ1v) is 7.13. The highest BCUT2D eigenvalue weighted by atomic mass is 32.1. The summed E-state index contributed by atoms with van der Waals surface area (Å²) in [6.45, 7) is 2.52. The van der Waals surface area contributed by atoms with Crippen LogP contribution in [0, 0.1) is 5.92 Å². The van der Waals surface area contributed by atoms with Crippen LogP contribution in [0.4, 0.5) is 0 Å². The lowest BCUT2D eigenvalue weighted by atomic mass is 10.1. The molecule has 16 heavy (non-hydrogen) atoms. The van der Waals surface area contributed by atoms with E-state index >= 15 is 0 Å². The monoisotopic (exact) mass is 239 g/mol. The van der Waals surface area contributed by atoms with Crippen molar-refractivity contribution >= 4 is 11.3 Å². The first kappa shape index (κ1) is 12.1. The maximum atomic E-state index is 9.09. The summed E-state index contributed by atoms with van der Waals surface area (Å²) in [5, 5.41) is 14.9. The van der Waals surface area contributed by atoms with Crippen molar-refractivity contribution in [3.05, 3.63) is 22.4 Å². The third-order valence-electron chi connectivity index (χ3n) is 3.34. The van der Waals surface area contributed by atoms with Crippen LogP contribution in [-0.2, 0) is 0 Å². The Morgan fingerprint density at radius 1 is 1.56 bits per heavy atom. The molecule has 0 saturated heterocycles. The predicted octanol–water partition coefficient (Wildman–Crippen LogP) is 2.95. The fraction of sp³-hybridized carbons (Fsp3) is 0.692. The van der Waals surface area contributed by atoms with Crippen molar-refractivity contribution in [2.45, 2.75) is 44.7 Å². The van der Waals surface area contributed by atoms with Crippen LogP contribution in [0.25, 0.3) is 0 Å². The molecule has 0 aliphatic heterocycles. The zero-order chi connectivity index (χ0) is 11.4. The highest BCUT2D eigenvalue weighted by Crippen LogP contribution is 2.35. The van der Waals surface area contributed by atoms with Crippen molar-refractivity contribution in [1.29, 1.82) is 0 Å². The van der Waals surface area contributed by atoms with E-state index in [1.807, 2.05) is 11.3 Å². The van der Waals surface area contributed by atoms with E-state index in [2.05, 4.69) is 29.8 Å². The fourth-order valence-electron chi connectivity index (χ4n) is 2.24. The zero-order valence-electron chi connectivity index (χ0n) is 9.86. The Morgan fingerprint density at radius 3 is 2.88 bits per heavy atom. The predicted molar refractivity (Wildman–Crippen MR) is 68.7 cm³/mol. The minimum atomic E-state index is 0.301. The first-order chi connectivity index (χ1) is 7.85. The summed E-state index contributed by atoms with van der Waals surface area (Å²) in [5.41, 5.74) is 0. The minimum absolute atomic E-state index is 0.301. The first-order valence-electron chi connectivity index (χ1n) is 6.25. The number of thiophene rings is 1. The molecule has 1 fully saturated rings. The molecule has 0 radical (unpaired) electrons. The van der Waals surface area contributed by atoms with Crippen LogP contribution < -0.4 is 5.32 Å². The Morgan fingerprint density at radius 2 is 2.38 bits per heavy atom. The van der Waals surface area contributed by atoms with Crippen LogP contribution in [0.2, 0.25) is 0 Å². The smallest absolute Gasteiger partial charge is 0.0445 e. The van der Waals surface area contributed by atoms with E-state index in [-0.39, 0.29) is 0 Å². The molecule has 1 heterocycles. The molecule has 1 saturated carbocycles. The molecule has 2 nitrogen and oxygen atoms in total. The van der Waals surface area contributed by atoms with Crippen molar-refractivity contribution in [3.63, 3.8) is 0 Å². The maximum absolute atomic E-state index is 9.09. The quantitative estimate of drug-likeness (QED) is 0.767. The van der Waals surface area contributed by atoms with Gasteiger partial charge in [-0.05, 0) is 43.0 Å². The number of aliphatic hydroxyl groups excluding tert-OH is 1. The average molecular weight is 239 g/mol. The molecule has 0 spiro atoms. The van der Waals surface area contributed by atoms with Gasteiger partial charge in [-0.3, -0.25) is 0 Å². The third kappa shape index (κ3) is 3.06. The Labute approximate surface area is 102 Å². The number of hydrogen-bond donors (Lipinski definition) is 2. The van der Waals surface area contributed by atoms with Gasteiger partial charge in [-0.2, -0.15) is 0 Å². The van der Waals surface area contributed by atoms with Gasteiger partial charge in [0, 0.05) is 23.6 Å². The molecule has 90 valence electrons. The maximum Gasteiger partial charge on any atom is 0.0445 e. The van der Waals surface area contributed by atoms with Gasteiger partial charge >= 0.3 is 0 Å². The topological polar surface area (TPSA) is 32.3 Å². The lowest BCUT2D eigenvalue weighted by molar-refractivity contribution is 0.247. The normalized spacial score (nSPS) is 19.6. The lowest BCUT2D eigenvalue weighted by Gasteiger charge is -2.24. The van der Waals surface area contributed by atoms with Gasteiger partial charge in [-0.15, -0.1) is 11.3 Å². The van der Waals surface area contributed by atoms with Crippen molar-refractivity contribution in [1.82, 2.24) is 5.32 Å². The molecule has 1 aliphatic rings. The van der Waals surface area contributed by atoms with E-state index in [0.29, 0.717) is 18.7 Å². The number of nitrogens with one attached hydrogen (secondary N) is 1. The van der Waals surface area contributed by atoms with Crippen molar-refractivity contribution < 1.29 is 5.11 Å². The molecule has 2 rings (SSSR count). The summed E-state index contributed by atoms with van der Waals surface area (Å²) in [6, 6.07) is 5.30. The molecule has 2 unspecified atom stereocenters. The molecule has 1 aromatic rings. The Bertz CT molecular complexity index is 295. The number of aliphatic hydroxyl groups is 1. The molecule has 3 heteroatoms. The van der Waals surface area contributed by atoms with Gasteiger partial charge in [0.2, 0.25) is 0 Å². The van der Waals surface area contributed by atoms with Gasteiger partial charge in [-0.25, -0.2) is 0 Å². The second-order valence-corrected chi connectivity index (χ2v) is 5.58. The third-order valence-corrected chi connectivity index (χ3v) is 4.33. The average Bonchev–Trinajstić information content (AvgIpc) is 3.00. The fourth-order valence-corrected chi connectivity index (χ4v) is 3.11.